The Kier molecular flexibility index (Phi) is 7.08. The number of allylic oxidation sites excluding steroid dienone is 2. The Bertz CT molecular complexity index is 1450. The van der Waals surface area contributed by atoms with Gasteiger partial charge in [-0.3, -0.25) is 4.79 Å². The van der Waals surface area contributed by atoms with Gasteiger partial charge < -0.3 is 19.5 Å². The molecule has 8 nitrogen and oxygen atoms in total. The maximum absolute atomic E-state index is 12.6. The number of aryl methyl sites for hydroxylation is 1. The second-order valence-corrected chi connectivity index (χ2v) is 9.92. The molecule has 2 aliphatic rings. The van der Waals surface area contributed by atoms with Gasteiger partial charge in [-0.05, 0) is 74.7 Å². The van der Waals surface area contributed by atoms with Crippen molar-refractivity contribution in [2.24, 2.45) is 7.05 Å². The highest BCUT2D eigenvalue weighted by Crippen LogP contribution is 2.42. The predicted octanol–water partition coefficient (Wildman–Crippen LogP) is 3.78. The lowest BCUT2D eigenvalue weighted by atomic mass is 9.97. The van der Waals surface area contributed by atoms with Crippen molar-refractivity contribution < 1.29 is 4.74 Å². The third-order valence-electron chi connectivity index (χ3n) is 6.78. The minimum atomic E-state index is -0.202. The zero-order valence-corrected chi connectivity index (χ0v) is 21.5. The highest BCUT2D eigenvalue weighted by Gasteiger charge is 2.27. The molecule has 1 saturated carbocycles. The Labute approximate surface area is 217 Å². The van der Waals surface area contributed by atoms with Gasteiger partial charge >= 0.3 is 0 Å². The molecule has 0 spiro atoms. The van der Waals surface area contributed by atoms with E-state index in [9.17, 15) is 10.1 Å². The maximum Gasteiger partial charge on any atom is 0.250 e. The van der Waals surface area contributed by atoms with Crippen molar-refractivity contribution in [2.75, 3.05) is 27.2 Å². The number of dihydropyridines is 1. The summed E-state index contributed by atoms with van der Waals surface area (Å²) in [5.74, 6) is 0.471. The van der Waals surface area contributed by atoms with E-state index in [1.165, 1.54) is 0 Å². The molecule has 3 aromatic rings. The van der Waals surface area contributed by atoms with Crippen LogP contribution in [-0.4, -0.2) is 52.7 Å². The standard InChI is InChI=1S/C29H32N6O2/c1-33(2)12-5-13-37-28-11-10-21(16-31-28)24-14-29(36)34(3)19-26(24)22-17-32-35(18-22)27-7-4-6-23(20-8-9-20)25(27)15-30/h4,6-7,10-11,14,16-20,28,31H,5,8-9,12-13H2,1-3H3. The first-order chi connectivity index (χ1) is 17.9. The second-order valence-electron chi connectivity index (χ2n) is 9.92. The Morgan fingerprint density at radius 1 is 1.24 bits per heavy atom. The van der Waals surface area contributed by atoms with Gasteiger partial charge in [0.2, 0.25) is 0 Å². The number of hydrogen-bond acceptors (Lipinski definition) is 6. The van der Waals surface area contributed by atoms with Crippen LogP contribution in [0.1, 0.15) is 41.9 Å². The molecule has 190 valence electrons. The number of hydrogen-bond donors (Lipinski definition) is 1. The first-order valence-electron chi connectivity index (χ1n) is 12.6. The molecule has 1 aliphatic carbocycles. The third kappa shape index (κ3) is 5.43. The van der Waals surface area contributed by atoms with Gasteiger partial charge in [0.25, 0.3) is 5.56 Å². The minimum Gasteiger partial charge on any atom is -0.362 e. The van der Waals surface area contributed by atoms with Gasteiger partial charge in [0, 0.05) is 42.8 Å². The largest absolute Gasteiger partial charge is 0.362 e. The summed E-state index contributed by atoms with van der Waals surface area (Å²) >= 11 is 0. The summed E-state index contributed by atoms with van der Waals surface area (Å²) in [6.45, 7) is 1.63. The van der Waals surface area contributed by atoms with Gasteiger partial charge in [-0.2, -0.15) is 10.4 Å². The summed E-state index contributed by atoms with van der Waals surface area (Å²) in [7, 11) is 5.84. The summed E-state index contributed by atoms with van der Waals surface area (Å²) in [6.07, 6.45) is 14.4. The van der Waals surface area contributed by atoms with Crippen LogP contribution in [0.3, 0.4) is 0 Å². The normalized spacial score (nSPS) is 16.9. The van der Waals surface area contributed by atoms with Crippen LogP contribution in [0, 0.1) is 11.3 Å². The average Bonchev–Trinajstić information content (AvgIpc) is 3.64. The molecular weight excluding hydrogens is 464 g/mol. The minimum absolute atomic E-state index is 0.0913. The number of nitriles is 1. The third-order valence-corrected chi connectivity index (χ3v) is 6.78. The van der Waals surface area contributed by atoms with Crippen LogP contribution < -0.4 is 10.9 Å². The van der Waals surface area contributed by atoms with Crippen molar-refractivity contribution in [1.29, 1.82) is 5.26 Å². The number of nitrogens with one attached hydrogen (secondary N) is 1. The van der Waals surface area contributed by atoms with Gasteiger partial charge in [-0.1, -0.05) is 18.2 Å². The Morgan fingerprint density at radius 3 is 2.78 bits per heavy atom. The Balaban J connectivity index is 1.42. The predicted molar refractivity (Wildman–Crippen MR) is 144 cm³/mol. The van der Waals surface area contributed by atoms with Crippen molar-refractivity contribution in [3.8, 4) is 22.9 Å². The monoisotopic (exact) mass is 496 g/mol. The lowest BCUT2D eigenvalue weighted by molar-refractivity contribution is 0.0661. The molecule has 1 unspecified atom stereocenters. The van der Waals surface area contributed by atoms with Crippen LogP contribution in [0.2, 0.25) is 0 Å². The fourth-order valence-electron chi connectivity index (χ4n) is 4.63. The van der Waals surface area contributed by atoms with Crippen LogP contribution in [0.25, 0.3) is 22.4 Å². The number of ether oxygens (including phenoxy) is 1. The summed E-state index contributed by atoms with van der Waals surface area (Å²) in [5, 5.41) is 17.8. The fourth-order valence-corrected chi connectivity index (χ4v) is 4.63. The first kappa shape index (κ1) is 24.8. The molecular formula is C29H32N6O2. The van der Waals surface area contributed by atoms with Crippen molar-refractivity contribution in [3.63, 3.8) is 0 Å². The van der Waals surface area contributed by atoms with Gasteiger partial charge in [0.15, 0.2) is 0 Å². The molecule has 1 N–H and O–H groups in total. The van der Waals surface area contributed by atoms with E-state index in [-0.39, 0.29) is 11.8 Å². The zero-order valence-electron chi connectivity index (χ0n) is 21.5. The quantitative estimate of drug-likeness (QED) is 0.454. The first-order valence-corrected chi connectivity index (χ1v) is 12.6. The maximum atomic E-state index is 12.6. The number of nitrogens with zero attached hydrogens (tertiary/aromatic N) is 5. The average molecular weight is 497 g/mol. The second kappa shape index (κ2) is 10.6. The summed E-state index contributed by atoms with van der Waals surface area (Å²) in [5.41, 5.74) is 5.91. The van der Waals surface area contributed by atoms with Gasteiger partial charge in [0.1, 0.15) is 12.3 Å². The van der Waals surface area contributed by atoms with E-state index >= 15 is 0 Å². The molecule has 1 aromatic carbocycles. The van der Waals surface area contributed by atoms with Crippen molar-refractivity contribution in [3.05, 3.63) is 88.3 Å². The molecule has 1 fully saturated rings. The smallest absolute Gasteiger partial charge is 0.250 e. The SMILES string of the molecule is CN(C)CCCOC1C=CC(c2cc(=O)n(C)cc2-c2cnn(-c3cccc(C4CC4)c3C#N)c2)=CN1. The van der Waals surface area contributed by atoms with Crippen LogP contribution in [0.15, 0.2) is 66.0 Å². The fraction of sp³-hybridized carbons (Fsp3) is 0.345. The molecule has 0 radical (unpaired) electrons. The van der Waals surface area contributed by atoms with E-state index < -0.39 is 0 Å². The molecule has 0 bridgehead atoms. The summed E-state index contributed by atoms with van der Waals surface area (Å²) < 4.78 is 9.24. The van der Waals surface area contributed by atoms with E-state index in [0.29, 0.717) is 18.1 Å². The van der Waals surface area contributed by atoms with Crippen molar-refractivity contribution in [1.82, 2.24) is 24.6 Å². The molecule has 1 atom stereocenters. The lowest BCUT2D eigenvalue weighted by Crippen LogP contribution is -2.29. The molecule has 3 heterocycles. The molecule has 0 saturated heterocycles. The highest BCUT2D eigenvalue weighted by molar-refractivity contribution is 5.85. The molecule has 5 rings (SSSR count). The van der Waals surface area contributed by atoms with Crippen LogP contribution >= 0.6 is 0 Å². The summed E-state index contributed by atoms with van der Waals surface area (Å²) in [4.78, 5) is 14.7. The number of aromatic nitrogens is 3. The summed E-state index contributed by atoms with van der Waals surface area (Å²) in [6, 6.07) is 10.0. The highest BCUT2D eigenvalue weighted by atomic mass is 16.5. The van der Waals surface area contributed by atoms with Crippen LogP contribution in [0.4, 0.5) is 0 Å². The van der Waals surface area contributed by atoms with E-state index in [4.69, 9.17) is 4.74 Å². The zero-order chi connectivity index (χ0) is 25.9. The molecule has 8 heteroatoms. The molecule has 37 heavy (non-hydrogen) atoms. The van der Waals surface area contributed by atoms with Crippen molar-refractivity contribution in [2.45, 2.75) is 31.4 Å². The van der Waals surface area contributed by atoms with E-state index in [1.807, 2.05) is 63.0 Å². The van der Waals surface area contributed by atoms with E-state index in [2.05, 4.69) is 21.4 Å². The van der Waals surface area contributed by atoms with E-state index in [0.717, 1.165) is 59.3 Å². The lowest BCUT2D eigenvalue weighted by Gasteiger charge is -2.21. The van der Waals surface area contributed by atoms with E-state index in [1.54, 1.807) is 28.6 Å². The molecule has 1 aliphatic heterocycles. The van der Waals surface area contributed by atoms with Gasteiger partial charge in [-0.15, -0.1) is 0 Å². The van der Waals surface area contributed by atoms with Crippen molar-refractivity contribution >= 4 is 5.57 Å². The van der Waals surface area contributed by atoms with Gasteiger partial charge in [-0.25, -0.2) is 4.68 Å². The molecule has 2 aromatic heterocycles. The van der Waals surface area contributed by atoms with Crippen LogP contribution in [-0.2, 0) is 11.8 Å². The Morgan fingerprint density at radius 2 is 2.08 bits per heavy atom. The topological polar surface area (TPSA) is 88.1 Å². The Hall–Kier alpha value is -3.93. The van der Waals surface area contributed by atoms with Crippen LogP contribution in [0.5, 0.6) is 0 Å². The molecule has 0 amide bonds. The number of pyridine rings is 1. The van der Waals surface area contributed by atoms with Gasteiger partial charge in [0.05, 0.1) is 24.1 Å². The number of rotatable bonds is 9. The number of benzene rings is 1.